The van der Waals surface area contributed by atoms with Gasteiger partial charge in [-0.05, 0) is 18.8 Å². The summed E-state index contributed by atoms with van der Waals surface area (Å²) in [5, 5.41) is 0. The van der Waals surface area contributed by atoms with Gasteiger partial charge in [-0.25, -0.2) is 0 Å². The van der Waals surface area contributed by atoms with Crippen LogP contribution in [0.4, 0.5) is 0 Å². The molecule has 0 heterocycles. The highest BCUT2D eigenvalue weighted by Gasteiger charge is 2.60. The molecule has 0 aromatic heterocycles. The summed E-state index contributed by atoms with van der Waals surface area (Å²) in [6.45, 7) is 3.61. The van der Waals surface area contributed by atoms with E-state index < -0.39 is 17.4 Å². The van der Waals surface area contributed by atoms with Crippen LogP contribution in [0.1, 0.15) is 12.8 Å². The fraction of sp³-hybridized carbons (Fsp3) is 0.538. The number of carbonyl (C=O) groups is 2. The largest absolute Gasteiger partial charge is 0.468 e. The third-order valence-corrected chi connectivity index (χ3v) is 3.64. The summed E-state index contributed by atoms with van der Waals surface area (Å²) in [6.07, 6.45) is 6.81. The first-order chi connectivity index (χ1) is 8.15. The fourth-order valence-corrected chi connectivity index (χ4v) is 2.85. The molecule has 1 saturated carbocycles. The van der Waals surface area contributed by atoms with Crippen molar-refractivity contribution in [3.8, 4) is 0 Å². The number of esters is 2. The maximum Gasteiger partial charge on any atom is 0.324 e. The van der Waals surface area contributed by atoms with Gasteiger partial charge in [0.2, 0.25) is 0 Å². The normalized spacial score (nSPS) is 33.5. The minimum Gasteiger partial charge on any atom is -0.468 e. The fourth-order valence-electron chi connectivity index (χ4n) is 2.85. The molecular formula is C13H16O4. The number of ether oxygens (including phenoxy) is 2. The predicted octanol–water partition coefficient (Wildman–Crippen LogP) is 1.47. The molecular weight excluding hydrogens is 220 g/mol. The molecule has 2 aliphatic rings. The highest BCUT2D eigenvalue weighted by molar-refractivity contribution is 6.01. The summed E-state index contributed by atoms with van der Waals surface area (Å²) in [6, 6.07) is 0. The smallest absolute Gasteiger partial charge is 0.324 e. The number of allylic oxidation sites excluding steroid dienone is 2. The van der Waals surface area contributed by atoms with E-state index in [0.29, 0.717) is 6.42 Å². The second kappa shape index (κ2) is 4.35. The van der Waals surface area contributed by atoms with Crippen molar-refractivity contribution in [2.75, 3.05) is 13.7 Å². The number of methoxy groups -OCH3 is 1. The molecule has 4 nitrogen and oxygen atoms in total. The third-order valence-electron chi connectivity index (χ3n) is 3.64. The summed E-state index contributed by atoms with van der Waals surface area (Å²) in [5.74, 6) is -0.767. The van der Waals surface area contributed by atoms with Crippen molar-refractivity contribution in [2.24, 2.45) is 17.3 Å². The third kappa shape index (κ3) is 1.68. The van der Waals surface area contributed by atoms with Gasteiger partial charge in [0, 0.05) is 5.92 Å². The zero-order chi connectivity index (χ0) is 12.5. The number of hydrogen-bond donors (Lipinski definition) is 0. The van der Waals surface area contributed by atoms with E-state index >= 15 is 0 Å². The Morgan fingerprint density at radius 3 is 2.71 bits per heavy atom. The topological polar surface area (TPSA) is 52.6 Å². The van der Waals surface area contributed by atoms with Crippen LogP contribution < -0.4 is 0 Å². The molecule has 0 spiro atoms. The van der Waals surface area contributed by atoms with Gasteiger partial charge in [0.15, 0.2) is 5.41 Å². The Morgan fingerprint density at radius 2 is 2.24 bits per heavy atom. The van der Waals surface area contributed by atoms with Gasteiger partial charge in [-0.3, -0.25) is 9.59 Å². The van der Waals surface area contributed by atoms with Crippen LogP contribution >= 0.6 is 0 Å². The first-order valence-electron chi connectivity index (χ1n) is 5.70. The maximum absolute atomic E-state index is 12.1. The van der Waals surface area contributed by atoms with Crippen molar-refractivity contribution in [3.05, 3.63) is 24.8 Å². The van der Waals surface area contributed by atoms with Crippen LogP contribution in [0.25, 0.3) is 0 Å². The minimum atomic E-state index is -1.13. The molecule has 0 aromatic rings. The second-order valence-electron chi connectivity index (χ2n) is 4.54. The van der Waals surface area contributed by atoms with Crippen molar-refractivity contribution >= 4 is 11.9 Å². The van der Waals surface area contributed by atoms with Gasteiger partial charge < -0.3 is 9.47 Å². The summed E-state index contributed by atoms with van der Waals surface area (Å²) in [7, 11) is 1.31. The van der Waals surface area contributed by atoms with E-state index in [4.69, 9.17) is 9.47 Å². The molecule has 0 radical (unpaired) electrons. The number of rotatable bonds is 4. The maximum atomic E-state index is 12.1. The monoisotopic (exact) mass is 236 g/mol. The SMILES string of the molecule is C=CCOC(=O)C1(C(=O)OC)CC2C=CC1C2. The summed E-state index contributed by atoms with van der Waals surface area (Å²) >= 11 is 0. The molecule has 2 bridgehead atoms. The highest BCUT2D eigenvalue weighted by Crippen LogP contribution is 2.53. The van der Waals surface area contributed by atoms with Crippen LogP contribution in [0.2, 0.25) is 0 Å². The van der Waals surface area contributed by atoms with Crippen LogP contribution in [0.3, 0.4) is 0 Å². The first kappa shape index (κ1) is 11.9. The van der Waals surface area contributed by atoms with Gasteiger partial charge in [0.1, 0.15) is 6.61 Å². The van der Waals surface area contributed by atoms with E-state index in [2.05, 4.69) is 12.7 Å². The van der Waals surface area contributed by atoms with Crippen LogP contribution in [0, 0.1) is 17.3 Å². The van der Waals surface area contributed by atoms with Crippen LogP contribution in [0.5, 0.6) is 0 Å². The van der Waals surface area contributed by atoms with E-state index in [1.54, 1.807) is 0 Å². The van der Waals surface area contributed by atoms with E-state index in [0.717, 1.165) is 6.42 Å². The molecule has 17 heavy (non-hydrogen) atoms. The summed E-state index contributed by atoms with van der Waals surface area (Å²) in [4.78, 5) is 24.1. The minimum absolute atomic E-state index is 0.0859. The Balaban J connectivity index is 2.26. The Kier molecular flexibility index (Phi) is 3.05. The molecule has 0 aromatic carbocycles. The van der Waals surface area contributed by atoms with Gasteiger partial charge in [0.25, 0.3) is 0 Å². The molecule has 4 heteroatoms. The van der Waals surface area contributed by atoms with E-state index in [-0.39, 0.29) is 18.4 Å². The first-order valence-corrected chi connectivity index (χ1v) is 5.70. The summed E-state index contributed by atoms with van der Waals surface area (Å²) in [5.41, 5.74) is -1.13. The highest BCUT2D eigenvalue weighted by atomic mass is 16.6. The lowest BCUT2D eigenvalue weighted by Gasteiger charge is -2.29. The second-order valence-corrected chi connectivity index (χ2v) is 4.54. The molecule has 0 N–H and O–H groups in total. The molecule has 0 aliphatic heterocycles. The van der Waals surface area contributed by atoms with Crippen molar-refractivity contribution in [3.63, 3.8) is 0 Å². The van der Waals surface area contributed by atoms with Crippen molar-refractivity contribution in [1.82, 2.24) is 0 Å². The van der Waals surface area contributed by atoms with Crippen molar-refractivity contribution < 1.29 is 19.1 Å². The quantitative estimate of drug-likeness (QED) is 0.421. The molecule has 1 fully saturated rings. The van der Waals surface area contributed by atoms with Gasteiger partial charge in [-0.1, -0.05) is 24.8 Å². The zero-order valence-corrected chi connectivity index (χ0v) is 9.85. The molecule has 2 aliphatic carbocycles. The molecule has 92 valence electrons. The average Bonchev–Trinajstić information content (AvgIpc) is 2.95. The summed E-state index contributed by atoms with van der Waals surface area (Å²) < 4.78 is 9.85. The van der Waals surface area contributed by atoms with Gasteiger partial charge in [-0.2, -0.15) is 0 Å². The van der Waals surface area contributed by atoms with E-state index in [1.165, 1.54) is 13.2 Å². The Morgan fingerprint density at radius 1 is 1.47 bits per heavy atom. The van der Waals surface area contributed by atoms with Gasteiger partial charge in [0.05, 0.1) is 7.11 Å². The zero-order valence-electron chi connectivity index (χ0n) is 9.85. The Hall–Kier alpha value is -1.58. The van der Waals surface area contributed by atoms with Crippen LogP contribution in [-0.2, 0) is 19.1 Å². The molecule has 0 saturated heterocycles. The molecule has 0 amide bonds. The standard InChI is InChI=1S/C13H16O4/c1-3-6-17-12(15)13(11(14)16-2)8-9-4-5-10(13)7-9/h3-5,9-10H,1,6-8H2,2H3. The Labute approximate surface area is 100 Å². The molecule has 2 rings (SSSR count). The Bertz CT molecular complexity index is 385. The van der Waals surface area contributed by atoms with E-state index in [1.807, 2.05) is 6.08 Å². The lowest BCUT2D eigenvalue weighted by Crippen LogP contribution is -2.44. The van der Waals surface area contributed by atoms with Gasteiger partial charge >= 0.3 is 11.9 Å². The van der Waals surface area contributed by atoms with E-state index in [9.17, 15) is 9.59 Å². The van der Waals surface area contributed by atoms with Crippen LogP contribution in [0.15, 0.2) is 24.8 Å². The van der Waals surface area contributed by atoms with Crippen molar-refractivity contribution in [2.45, 2.75) is 12.8 Å². The lowest BCUT2D eigenvalue weighted by atomic mass is 9.75. The van der Waals surface area contributed by atoms with Crippen molar-refractivity contribution in [1.29, 1.82) is 0 Å². The van der Waals surface area contributed by atoms with Crippen LogP contribution in [-0.4, -0.2) is 25.7 Å². The lowest BCUT2D eigenvalue weighted by molar-refractivity contribution is -0.172. The average molecular weight is 236 g/mol. The number of fused-ring (bicyclic) bond motifs is 2. The molecule has 3 unspecified atom stereocenters. The predicted molar refractivity (Wildman–Crippen MR) is 61.0 cm³/mol. The van der Waals surface area contributed by atoms with Gasteiger partial charge in [-0.15, -0.1) is 0 Å². The molecule has 3 atom stereocenters. The number of carbonyl (C=O) groups excluding carboxylic acids is 2. The number of hydrogen-bond acceptors (Lipinski definition) is 4.